The van der Waals surface area contributed by atoms with Crippen LogP contribution in [-0.2, 0) is 9.59 Å². The molecular formula is C36H52FN5O4. The van der Waals surface area contributed by atoms with Crippen LogP contribution in [-0.4, -0.2) is 83.3 Å². The predicted molar refractivity (Wildman–Crippen MR) is 175 cm³/mol. The number of hydrogen-bond donors (Lipinski definition) is 2. The third-order valence-electron chi connectivity index (χ3n) is 11.7. The highest BCUT2D eigenvalue weighted by Gasteiger charge is 2.60. The maximum atomic E-state index is 15.3. The number of rotatable bonds is 6. The van der Waals surface area contributed by atoms with Gasteiger partial charge in [0.05, 0.1) is 11.6 Å². The first kappa shape index (κ1) is 32.8. The number of carbonyl (C=O) groups excluding carboxylic acids is 4. The molecule has 6 fully saturated rings. The number of likely N-dealkylation sites (tertiary alicyclic amines) is 1. The van der Waals surface area contributed by atoms with E-state index in [2.05, 4.69) is 24.5 Å². The second-order valence-electron chi connectivity index (χ2n) is 16.1. The van der Waals surface area contributed by atoms with Crippen LogP contribution in [0.2, 0.25) is 0 Å². The second kappa shape index (κ2) is 12.5. The average Bonchev–Trinajstić information content (AvgIpc) is 3.25. The topological polar surface area (TPSA) is 102 Å². The molecule has 2 heterocycles. The molecule has 2 aliphatic heterocycles. The summed E-state index contributed by atoms with van der Waals surface area (Å²) in [5, 5.41) is 5.97. The average molecular weight is 638 g/mol. The molecule has 2 N–H and O–H groups in total. The van der Waals surface area contributed by atoms with Crippen LogP contribution >= 0.6 is 0 Å². The van der Waals surface area contributed by atoms with Gasteiger partial charge in [-0.2, -0.15) is 0 Å². The van der Waals surface area contributed by atoms with E-state index >= 15 is 4.39 Å². The molecule has 4 saturated carbocycles. The van der Waals surface area contributed by atoms with Gasteiger partial charge in [-0.3, -0.25) is 14.4 Å². The Morgan fingerprint density at radius 2 is 1.59 bits per heavy atom. The molecular weight excluding hydrogens is 585 g/mol. The number of hydrogen-bond acceptors (Lipinski definition) is 4. The van der Waals surface area contributed by atoms with Crippen LogP contribution in [0.25, 0.3) is 0 Å². The van der Waals surface area contributed by atoms with Crippen molar-refractivity contribution in [2.45, 2.75) is 97.4 Å². The first-order valence-electron chi connectivity index (χ1n) is 17.6. The van der Waals surface area contributed by atoms with E-state index in [1.807, 2.05) is 23.6 Å². The van der Waals surface area contributed by atoms with Gasteiger partial charge in [-0.1, -0.05) is 27.7 Å². The summed E-state index contributed by atoms with van der Waals surface area (Å²) in [4.78, 5) is 58.2. The normalized spacial score (nSPS) is 32.9. The summed E-state index contributed by atoms with van der Waals surface area (Å²) in [5.41, 5.74) is 0.486. The summed E-state index contributed by atoms with van der Waals surface area (Å²) in [6, 6.07) is 3.80. The zero-order valence-electron chi connectivity index (χ0n) is 28.1. The zero-order chi connectivity index (χ0) is 32.9. The molecule has 9 nitrogen and oxygen atoms in total. The van der Waals surface area contributed by atoms with Gasteiger partial charge in [-0.15, -0.1) is 0 Å². The van der Waals surface area contributed by atoms with Crippen LogP contribution in [0.5, 0.6) is 0 Å². The summed E-state index contributed by atoms with van der Waals surface area (Å²) >= 11 is 0. The molecule has 0 aromatic heterocycles. The molecule has 0 spiro atoms. The van der Waals surface area contributed by atoms with Crippen molar-refractivity contribution in [3.8, 4) is 0 Å². The third kappa shape index (κ3) is 6.63. The van der Waals surface area contributed by atoms with Gasteiger partial charge in [0.2, 0.25) is 11.8 Å². The number of amides is 5. The largest absolute Gasteiger partial charge is 0.341 e. The van der Waals surface area contributed by atoms with Gasteiger partial charge in [0, 0.05) is 56.3 Å². The van der Waals surface area contributed by atoms with Gasteiger partial charge in [0.25, 0.3) is 5.91 Å². The Labute approximate surface area is 273 Å². The fraction of sp³-hybridized carbons (Fsp3) is 0.722. The molecule has 46 heavy (non-hydrogen) atoms. The number of carbonyl (C=O) groups is 4. The van der Waals surface area contributed by atoms with E-state index in [0.29, 0.717) is 51.5 Å². The Balaban J connectivity index is 1.04. The molecule has 6 atom stereocenters. The lowest BCUT2D eigenvalue weighted by atomic mass is 9.43. The van der Waals surface area contributed by atoms with Crippen LogP contribution in [0.15, 0.2) is 18.2 Å². The summed E-state index contributed by atoms with van der Waals surface area (Å²) in [6.45, 7) is 11.7. The highest BCUT2D eigenvalue weighted by molar-refractivity contribution is 5.96. The van der Waals surface area contributed by atoms with Crippen LogP contribution in [0.3, 0.4) is 0 Å². The second-order valence-corrected chi connectivity index (χ2v) is 16.1. The van der Waals surface area contributed by atoms with E-state index in [1.54, 1.807) is 11.0 Å². The molecule has 1 aromatic rings. The van der Waals surface area contributed by atoms with Gasteiger partial charge < -0.3 is 25.3 Å². The molecule has 2 saturated heterocycles. The predicted octanol–water partition coefficient (Wildman–Crippen LogP) is 5.66. The standard InChI is InChI=1S/C36H52FN5O4/c1-5-24(2)30(43)40-12-7-13-41(15-14-40)32(45)27-8-6-11-42(20-27)31(44)26-9-10-29(28(37)16-26)38-33(46)39-36-19-25-17-34(3,22-36)21-35(4,18-25)23-36/h9-10,16,24-25,27H,5-8,11-15,17-23H2,1-4H3,(H2,38,39,46)/t24?,25?,27?,34-,35+,36?. The maximum Gasteiger partial charge on any atom is 0.319 e. The number of nitrogens with zero attached hydrogens (tertiary/aromatic N) is 3. The number of urea groups is 1. The number of nitrogens with one attached hydrogen (secondary N) is 2. The Kier molecular flexibility index (Phi) is 8.87. The maximum absolute atomic E-state index is 15.3. The molecule has 4 unspecified atom stereocenters. The Morgan fingerprint density at radius 3 is 2.26 bits per heavy atom. The van der Waals surface area contributed by atoms with Crippen LogP contribution in [0, 0.1) is 34.4 Å². The molecule has 10 heteroatoms. The lowest BCUT2D eigenvalue weighted by Gasteiger charge is -2.65. The van der Waals surface area contributed by atoms with Crippen LogP contribution in [0.1, 0.15) is 102 Å². The van der Waals surface area contributed by atoms with Gasteiger partial charge in [-0.25, -0.2) is 9.18 Å². The molecule has 5 amide bonds. The van der Waals surface area contributed by atoms with E-state index in [4.69, 9.17) is 0 Å². The molecule has 0 radical (unpaired) electrons. The Morgan fingerprint density at radius 1 is 0.913 bits per heavy atom. The Hall–Kier alpha value is -3.17. The molecule has 4 bridgehead atoms. The molecule has 1 aromatic carbocycles. The lowest BCUT2D eigenvalue weighted by Crippen LogP contribution is -2.65. The Bertz CT molecular complexity index is 1370. The fourth-order valence-corrected chi connectivity index (χ4v) is 10.4. The first-order valence-corrected chi connectivity index (χ1v) is 17.6. The summed E-state index contributed by atoms with van der Waals surface area (Å²) in [5.74, 6) is -0.525. The third-order valence-corrected chi connectivity index (χ3v) is 11.7. The fourth-order valence-electron chi connectivity index (χ4n) is 10.4. The quantitative estimate of drug-likeness (QED) is 0.421. The van der Waals surface area contributed by atoms with E-state index in [-0.39, 0.29) is 63.7 Å². The van der Waals surface area contributed by atoms with Crippen molar-refractivity contribution in [3.05, 3.63) is 29.6 Å². The molecule has 252 valence electrons. The van der Waals surface area contributed by atoms with Crippen molar-refractivity contribution in [1.29, 1.82) is 0 Å². The molecule has 6 aliphatic rings. The highest BCUT2D eigenvalue weighted by Crippen LogP contribution is 2.66. The van der Waals surface area contributed by atoms with Crippen molar-refractivity contribution in [3.63, 3.8) is 0 Å². The zero-order valence-corrected chi connectivity index (χ0v) is 28.1. The number of piperidine rings is 1. The minimum absolute atomic E-state index is 0.0223. The van der Waals surface area contributed by atoms with E-state index in [0.717, 1.165) is 32.1 Å². The summed E-state index contributed by atoms with van der Waals surface area (Å²) < 4.78 is 15.3. The molecule has 7 rings (SSSR count). The highest BCUT2D eigenvalue weighted by atomic mass is 19.1. The lowest BCUT2D eigenvalue weighted by molar-refractivity contribution is -0.138. The van der Waals surface area contributed by atoms with Crippen LogP contribution < -0.4 is 10.6 Å². The van der Waals surface area contributed by atoms with Gasteiger partial charge in [0.1, 0.15) is 5.82 Å². The number of anilines is 1. The van der Waals surface area contributed by atoms with Crippen molar-refractivity contribution in [2.75, 3.05) is 44.6 Å². The SMILES string of the molecule is CCC(C)C(=O)N1CCCN(C(=O)C2CCCN(C(=O)c3ccc(NC(=O)NC45CC6C[C@@](C)(C4)C[C@](C)(C6)C5)c(F)c3)C2)CC1. The van der Waals surface area contributed by atoms with Gasteiger partial charge >= 0.3 is 6.03 Å². The smallest absolute Gasteiger partial charge is 0.319 e. The van der Waals surface area contributed by atoms with Gasteiger partial charge in [-0.05, 0) is 99.2 Å². The minimum atomic E-state index is -0.656. The molecule has 4 aliphatic carbocycles. The van der Waals surface area contributed by atoms with E-state index in [1.165, 1.54) is 31.4 Å². The van der Waals surface area contributed by atoms with E-state index < -0.39 is 11.8 Å². The van der Waals surface area contributed by atoms with Gasteiger partial charge in [0.15, 0.2) is 0 Å². The van der Waals surface area contributed by atoms with E-state index in [9.17, 15) is 19.2 Å². The van der Waals surface area contributed by atoms with Crippen molar-refractivity contribution in [2.24, 2.45) is 28.6 Å². The summed E-state index contributed by atoms with van der Waals surface area (Å²) in [6.07, 6.45) is 9.47. The summed E-state index contributed by atoms with van der Waals surface area (Å²) in [7, 11) is 0. The number of halogens is 1. The monoisotopic (exact) mass is 637 g/mol. The first-order chi connectivity index (χ1) is 21.8. The van der Waals surface area contributed by atoms with Crippen molar-refractivity contribution < 1.29 is 23.6 Å². The van der Waals surface area contributed by atoms with Crippen LogP contribution in [0.4, 0.5) is 14.9 Å². The van der Waals surface area contributed by atoms with Crippen molar-refractivity contribution >= 4 is 29.4 Å². The minimum Gasteiger partial charge on any atom is -0.341 e. The number of benzene rings is 1. The van der Waals surface area contributed by atoms with Crippen molar-refractivity contribution in [1.82, 2.24) is 20.0 Å².